The minimum Gasteiger partial charge on any atom is -0.443 e. The number of hydrogen-bond donors (Lipinski definition) is 1. The minimum absolute atomic E-state index is 0.00941. The van der Waals surface area contributed by atoms with E-state index in [-0.39, 0.29) is 18.4 Å². The van der Waals surface area contributed by atoms with Crippen molar-refractivity contribution in [3.8, 4) is 0 Å². The molecular weight excluding hydrogens is 218 g/mol. The molecule has 0 bridgehead atoms. The van der Waals surface area contributed by atoms with Crippen molar-refractivity contribution in [2.24, 2.45) is 5.73 Å². The van der Waals surface area contributed by atoms with Gasteiger partial charge in [0.1, 0.15) is 5.52 Å². The molecule has 0 saturated heterocycles. The van der Waals surface area contributed by atoms with Crippen molar-refractivity contribution in [1.29, 1.82) is 0 Å². The number of rotatable bonds is 3. The van der Waals surface area contributed by atoms with E-state index in [9.17, 15) is 4.79 Å². The zero-order chi connectivity index (χ0) is 12.4. The number of nitrogens with zero attached hydrogens (tertiary/aromatic N) is 2. The molecule has 0 aliphatic carbocycles. The summed E-state index contributed by atoms with van der Waals surface area (Å²) >= 11 is 0. The summed E-state index contributed by atoms with van der Waals surface area (Å²) in [5.74, 6) is 0.00941. The third kappa shape index (κ3) is 2.45. The zero-order valence-electron chi connectivity index (χ0n) is 9.88. The van der Waals surface area contributed by atoms with Crippen molar-refractivity contribution in [2.75, 3.05) is 14.1 Å². The number of aromatic nitrogens is 1. The highest BCUT2D eigenvalue weighted by molar-refractivity contribution is 5.77. The second-order valence-corrected chi connectivity index (χ2v) is 4.18. The van der Waals surface area contributed by atoms with Crippen LogP contribution in [0.5, 0.6) is 0 Å². The highest BCUT2D eigenvalue weighted by Crippen LogP contribution is 2.20. The average molecular weight is 233 g/mol. The first-order valence-corrected chi connectivity index (χ1v) is 5.37. The number of carbonyl (C=O) groups excluding carboxylic acids is 1. The van der Waals surface area contributed by atoms with Crippen LogP contribution in [0.2, 0.25) is 0 Å². The summed E-state index contributed by atoms with van der Waals surface area (Å²) < 4.78 is 5.20. The largest absolute Gasteiger partial charge is 0.443 e. The number of hydrogen-bond acceptors (Lipinski definition) is 4. The molecular formula is C12H15N3O2. The molecule has 2 N–H and O–H groups in total. The van der Waals surface area contributed by atoms with Crippen molar-refractivity contribution in [1.82, 2.24) is 9.88 Å². The van der Waals surface area contributed by atoms with Crippen LogP contribution in [0.1, 0.15) is 18.0 Å². The second kappa shape index (κ2) is 4.55. The van der Waals surface area contributed by atoms with Gasteiger partial charge in [0.15, 0.2) is 12.0 Å². The fourth-order valence-electron chi connectivity index (χ4n) is 1.59. The molecule has 0 aliphatic rings. The van der Waals surface area contributed by atoms with Crippen molar-refractivity contribution in [2.45, 2.75) is 12.5 Å². The SMILES string of the molecule is CN(C)C(=O)CC(N)c1ccc2ncoc2c1. The van der Waals surface area contributed by atoms with E-state index in [1.807, 2.05) is 18.2 Å². The van der Waals surface area contributed by atoms with E-state index in [1.54, 1.807) is 14.1 Å². The molecule has 90 valence electrons. The molecule has 1 aromatic carbocycles. The van der Waals surface area contributed by atoms with Crippen LogP contribution in [-0.4, -0.2) is 29.9 Å². The Morgan fingerprint density at radius 2 is 2.29 bits per heavy atom. The molecule has 1 unspecified atom stereocenters. The Morgan fingerprint density at radius 1 is 1.53 bits per heavy atom. The topological polar surface area (TPSA) is 72.4 Å². The maximum Gasteiger partial charge on any atom is 0.223 e. The molecule has 0 spiro atoms. The predicted molar refractivity (Wildman–Crippen MR) is 64.2 cm³/mol. The van der Waals surface area contributed by atoms with Crippen LogP contribution in [0.3, 0.4) is 0 Å². The van der Waals surface area contributed by atoms with E-state index in [2.05, 4.69) is 4.98 Å². The third-order valence-electron chi connectivity index (χ3n) is 2.68. The van der Waals surface area contributed by atoms with Gasteiger partial charge in [-0.3, -0.25) is 4.79 Å². The number of amides is 1. The van der Waals surface area contributed by atoms with E-state index in [4.69, 9.17) is 10.2 Å². The Hall–Kier alpha value is -1.88. The maximum atomic E-state index is 11.6. The Morgan fingerprint density at radius 3 is 3.00 bits per heavy atom. The fraction of sp³-hybridized carbons (Fsp3) is 0.333. The first kappa shape index (κ1) is 11.6. The summed E-state index contributed by atoms with van der Waals surface area (Å²) in [7, 11) is 3.43. The molecule has 0 aliphatic heterocycles. The van der Waals surface area contributed by atoms with Crippen molar-refractivity contribution < 1.29 is 9.21 Å². The molecule has 0 fully saturated rings. The van der Waals surface area contributed by atoms with E-state index in [0.717, 1.165) is 11.1 Å². The van der Waals surface area contributed by atoms with Crippen molar-refractivity contribution in [3.63, 3.8) is 0 Å². The maximum absolute atomic E-state index is 11.6. The van der Waals surface area contributed by atoms with Gasteiger partial charge in [0.25, 0.3) is 0 Å². The normalized spacial score (nSPS) is 12.6. The standard InChI is InChI=1S/C12H15N3O2/c1-15(2)12(16)6-9(13)8-3-4-10-11(5-8)17-7-14-10/h3-5,7,9H,6,13H2,1-2H3. The first-order valence-electron chi connectivity index (χ1n) is 5.37. The molecule has 5 heteroatoms. The van der Waals surface area contributed by atoms with Crippen LogP contribution in [0, 0.1) is 0 Å². The van der Waals surface area contributed by atoms with Gasteiger partial charge in [-0.05, 0) is 17.7 Å². The second-order valence-electron chi connectivity index (χ2n) is 4.18. The number of nitrogens with two attached hydrogens (primary N) is 1. The van der Waals surface area contributed by atoms with Gasteiger partial charge in [-0.1, -0.05) is 6.07 Å². The molecule has 1 aromatic heterocycles. The molecule has 1 atom stereocenters. The smallest absolute Gasteiger partial charge is 0.223 e. The van der Waals surface area contributed by atoms with Crippen molar-refractivity contribution in [3.05, 3.63) is 30.2 Å². The van der Waals surface area contributed by atoms with Gasteiger partial charge in [-0.15, -0.1) is 0 Å². The molecule has 0 radical (unpaired) electrons. The lowest BCUT2D eigenvalue weighted by molar-refractivity contribution is -0.129. The summed E-state index contributed by atoms with van der Waals surface area (Å²) in [5, 5.41) is 0. The van der Waals surface area contributed by atoms with Crippen LogP contribution < -0.4 is 5.73 Å². The van der Waals surface area contributed by atoms with E-state index in [1.165, 1.54) is 11.3 Å². The summed E-state index contributed by atoms with van der Waals surface area (Å²) in [4.78, 5) is 17.1. The van der Waals surface area contributed by atoms with E-state index < -0.39 is 0 Å². The lowest BCUT2D eigenvalue weighted by Gasteiger charge is -2.15. The van der Waals surface area contributed by atoms with Crippen LogP contribution in [0.25, 0.3) is 11.1 Å². The van der Waals surface area contributed by atoms with Gasteiger partial charge in [-0.25, -0.2) is 4.98 Å². The molecule has 2 rings (SSSR count). The molecule has 0 saturated carbocycles. The summed E-state index contributed by atoms with van der Waals surface area (Å²) in [5.41, 5.74) is 8.34. The Balaban J connectivity index is 2.18. The molecule has 1 amide bonds. The zero-order valence-corrected chi connectivity index (χ0v) is 9.88. The lowest BCUT2D eigenvalue weighted by Crippen LogP contribution is -2.26. The van der Waals surface area contributed by atoms with Crippen LogP contribution in [-0.2, 0) is 4.79 Å². The minimum atomic E-state index is -0.320. The van der Waals surface area contributed by atoms with Gasteiger partial charge in [-0.2, -0.15) is 0 Å². The number of fused-ring (bicyclic) bond motifs is 1. The van der Waals surface area contributed by atoms with E-state index >= 15 is 0 Å². The highest BCUT2D eigenvalue weighted by Gasteiger charge is 2.14. The Labute approximate surface area is 99.2 Å². The number of benzene rings is 1. The summed E-state index contributed by atoms with van der Waals surface area (Å²) in [6.07, 6.45) is 1.68. The predicted octanol–water partition coefficient (Wildman–Crippen LogP) is 1.31. The van der Waals surface area contributed by atoms with E-state index in [0.29, 0.717) is 5.58 Å². The lowest BCUT2D eigenvalue weighted by atomic mass is 10.0. The van der Waals surface area contributed by atoms with Gasteiger partial charge >= 0.3 is 0 Å². The average Bonchev–Trinajstić information content (AvgIpc) is 2.75. The summed E-state index contributed by atoms with van der Waals surface area (Å²) in [6, 6.07) is 5.22. The Bertz CT molecular complexity index is 533. The van der Waals surface area contributed by atoms with Crippen LogP contribution >= 0.6 is 0 Å². The van der Waals surface area contributed by atoms with Crippen molar-refractivity contribution >= 4 is 17.0 Å². The highest BCUT2D eigenvalue weighted by atomic mass is 16.3. The fourth-order valence-corrected chi connectivity index (χ4v) is 1.59. The van der Waals surface area contributed by atoms with Gasteiger partial charge in [0.2, 0.25) is 5.91 Å². The van der Waals surface area contributed by atoms with Gasteiger partial charge in [0, 0.05) is 26.6 Å². The van der Waals surface area contributed by atoms with Crippen LogP contribution in [0.4, 0.5) is 0 Å². The number of oxazole rings is 1. The van der Waals surface area contributed by atoms with Gasteiger partial charge < -0.3 is 15.1 Å². The number of carbonyl (C=O) groups is 1. The quantitative estimate of drug-likeness (QED) is 0.867. The first-order chi connectivity index (χ1) is 8.08. The third-order valence-corrected chi connectivity index (χ3v) is 2.68. The Kier molecular flexibility index (Phi) is 3.10. The molecule has 17 heavy (non-hydrogen) atoms. The van der Waals surface area contributed by atoms with Gasteiger partial charge in [0.05, 0.1) is 0 Å². The molecule has 5 nitrogen and oxygen atoms in total. The monoisotopic (exact) mass is 233 g/mol. The summed E-state index contributed by atoms with van der Waals surface area (Å²) in [6.45, 7) is 0. The molecule has 1 heterocycles. The molecule has 2 aromatic rings. The van der Waals surface area contributed by atoms with Crippen LogP contribution in [0.15, 0.2) is 29.0 Å².